The van der Waals surface area contributed by atoms with Gasteiger partial charge in [-0.3, -0.25) is 9.78 Å². The summed E-state index contributed by atoms with van der Waals surface area (Å²) in [5, 5.41) is 8.69. The third kappa shape index (κ3) is 4.98. The third-order valence-corrected chi connectivity index (χ3v) is 8.16. The molecule has 8 nitrogen and oxygen atoms in total. The molecule has 1 amide bonds. The normalized spacial score (nSPS) is 17.6. The number of nitrogens with one attached hydrogen (secondary N) is 1. The molecule has 4 heterocycles. The number of aryl methyl sites for hydroxylation is 1. The Labute approximate surface area is 191 Å². The van der Waals surface area contributed by atoms with Gasteiger partial charge < -0.3 is 9.84 Å². The van der Waals surface area contributed by atoms with E-state index in [0.717, 1.165) is 10.6 Å². The van der Waals surface area contributed by atoms with Crippen molar-refractivity contribution in [1.29, 1.82) is 0 Å². The van der Waals surface area contributed by atoms with Crippen LogP contribution in [-0.2, 0) is 21.4 Å². The monoisotopic (exact) mass is 472 g/mol. The molecule has 1 aliphatic heterocycles. The third-order valence-electron chi connectivity index (χ3n) is 5.30. The molecule has 0 saturated carbocycles. The van der Waals surface area contributed by atoms with E-state index in [-0.39, 0.29) is 23.1 Å². The maximum atomic E-state index is 13.5. The van der Waals surface area contributed by atoms with Crippen LogP contribution < -0.4 is 5.32 Å². The Balaban J connectivity index is 1.48. The number of carbonyl (C=O) groups is 1. The van der Waals surface area contributed by atoms with Crippen molar-refractivity contribution in [2.45, 2.75) is 31.2 Å². The first kappa shape index (κ1) is 22.4. The Morgan fingerprint density at radius 2 is 2.19 bits per heavy atom. The van der Waals surface area contributed by atoms with E-state index in [1.807, 2.05) is 35.7 Å². The van der Waals surface area contributed by atoms with Gasteiger partial charge in [0.2, 0.25) is 15.9 Å². The van der Waals surface area contributed by atoms with E-state index < -0.39 is 15.9 Å². The van der Waals surface area contributed by atoms with Gasteiger partial charge in [-0.25, -0.2) is 8.42 Å². The van der Waals surface area contributed by atoms with Gasteiger partial charge >= 0.3 is 0 Å². The van der Waals surface area contributed by atoms with E-state index in [9.17, 15) is 13.2 Å². The standard InChI is InChI=1S/C22H24N4O4S2/c1-16-21(20(30-25-16)10-9-19-8-5-13-31-19)32(28,29)26-12-4-6-17(15-26)22(27)24-14-18-7-2-3-11-23-18/h2-3,5,7-11,13,17H,4,6,12,14-15H2,1H3,(H,24,27)/b10-9+/t17-/m0/s1. The second kappa shape index (κ2) is 9.76. The maximum absolute atomic E-state index is 13.5. The van der Waals surface area contributed by atoms with Crippen LogP contribution in [0.4, 0.5) is 0 Å². The van der Waals surface area contributed by atoms with Crippen molar-refractivity contribution in [2.75, 3.05) is 13.1 Å². The van der Waals surface area contributed by atoms with E-state index >= 15 is 0 Å². The number of amides is 1. The molecule has 10 heteroatoms. The summed E-state index contributed by atoms with van der Waals surface area (Å²) < 4.78 is 33.6. The first-order valence-corrected chi connectivity index (χ1v) is 12.6. The van der Waals surface area contributed by atoms with Crippen LogP contribution in [-0.4, -0.2) is 41.9 Å². The van der Waals surface area contributed by atoms with Gasteiger partial charge in [0, 0.05) is 24.2 Å². The van der Waals surface area contributed by atoms with Gasteiger partial charge in [-0.1, -0.05) is 17.3 Å². The Kier molecular flexibility index (Phi) is 6.83. The first-order valence-electron chi connectivity index (χ1n) is 10.3. The van der Waals surface area contributed by atoms with Crippen LogP contribution in [0.2, 0.25) is 0 Å². The second-order valence-corrected chi connectivity index (χ2v) is 10.4. The minimum atomic E-state index is -3.87. The summed E-state index contributed by atoms with van der Waals surface area (Å²) >= 11 is 1.54. The molecule has 1 N–H and O–H groups in total. The quantitative estimate of drug-likeness (QED) is 0.565. The number of thiophene rings is 1. The fraction of sp³-hybridized carbons (Fsp3) is 0.318. The van der Waals surface area contributed by atoms with E-state index in [1.54, 1.807) is 25.3 Å². The zero-order valence-electron chi connectivity index (χ0n) is 17.6. The van der Waals surface area contributed by atoms with Crippen molar-refractivity contribution in [2.24, 2.45) is 5.92 Å². The maximum Gasteiger partial charge on any atom is 0.248 e. The first-order chi connectivity index (χ1) is 15.4. The van der Waals surface area contributed by atoms with Gasteiger partial charge in [-0.2, -0.15) is 4.31 Å². The van der Waals surface area contributed by atoms with Crippen molar-refractivity contribution in [3.63, 3.8) is 0 Å². The molecule has 4 rings (SSSR count). The smallest absolute Gasteiger partial charge is 0.248 e. The lowest BCUT2D eigenvalue weighted by Crippen LogP contribution is -2.45. The summed E-state index contributed by atoms with van der Waals surface area (Å²) in [5.74, 6) is -0.402. The number of piperidine rings is 1. The molecule has 3 aromatic heterocycles. The summed E-state index contributed by atoms with van der Waals surface area (Å²) in [5.41, 5.74) is 1.06. The zero-order chi connectivity index (χ0) is 22.6. The fourth-order valence-electron chi connectivity index (χ4n) is 3.67. The molecule has 0 bridgehead atoms. The lowest BCUT2D eigenvalue weighted by atomic mass is 9.99. The number of rotatable bonds is 7. The SMILES string of the molecule is Cc1noc(/C=C/c2cccs2)c1S(=O)(=O)N1CCC[C@H](C(=O)NCc2ccccn2)C1. The molecule has 1 atom stereocenters. The van der Waals surface area contributed by atoms with Crippen molar-refractivity contribution in [1.82, 2.24) is 19.8 Å². The fourth-order valence-corrected chi connectivity index (χ4v) is 6.06. The topological polar surface area (TPSA) is 105 Å². The molecule has 0 unspecified atom stereocenters. The van der Waals surface area contributed by atoms with Gasteiger partial charge in [0.1, 0.15) is 5.69 Å². The number of hydrogen-bond acceptors (Lipinski definition) is 7. The molecular formula is C22H24N4O4S2. The van der Waals surface area contributed by atoms with E-state index in [1.165, 1.54) is 15.6 Å². The van der Waals surface area contributed by atoms with Gasteiger partial charge in [-0.05, 0) is 55.5 Å². The highest BCUT2D eigenvalue weighted by Crippen LogP contribution is 2.29. The number of hydrogen-bond donors (Lipinski definition) is 1. The van der Waals surface area contributed by atoms with Crippen molar-refractivity contribution >= 4 is 39.4 Å². The molecule has 1 aliphatic rings. The van der Waals surface area contributed by atoms with Crippen LogP contribution >= 0.6 is 11.3 Å². The Bertz CT molecular complexity index is 1190. The van der Waals surface area contributed by atoms with Crippen LogP contribution in [0.3, 0.4) is 0 Å². The van der Waals surface area contributed by atoms with Gasteiger partial charge in [0.15, 0.2) is 10.7 Å². The lowest BCUT2D eigenvalue weighted by molar-refractivity contribution is -0.126. The molecule has 1 fully saturated rings. The highest BCUT2D eigenvalue weighted by Gasteiger charge is 2.36. The number of carbonyl (C=O) groups excluding carboxylic acids is 1. The summed E-state index contributed by atoms with van der Waals surface area (Å²) in [6.45, 7) is 2.39. The Hall–Kier alpha value is -2.82. The van der Waals surface area contributed by atoms with Crippen LogP contribution in [0.25, 0.3) is 12.2 Å². The predicted octanol–water partition coefficient (Wildman–Crippen LogP) is 3.33. The molecular weight excluding hydrogens is 448 g/mol. The largest absolute Gasteiger partial charge is 0.355 e. The minimum Gasteiger partial charge on any atom is -0.355 e. The molecule has 0 spiro atoms. The van der Waals surface area contributed by atoms with Crippen LogP contribution in [0.15, 0.2) is 51.3 Å². The van der Waals surface area contributed by atoms with Crippen molar-refractivity contribution < 1.29 is 17.7 Å². The second-order valence-electron chi connectivity index (χ2n) is 7.55. The Morgan fingerprint density at radius 1 is 1.31 bits per heavy atom. The minimum absolute atomic E-state index is 0.0554. The van der Waals surface area contributed by atoms with Crippen LogP contribution in [0, 0.1) is 12.8 Å². The predicted molar refractivity (Wildman–Crippen MR) is 122 cm³/mol. The average molecular weight is 473 g/mol. The molecule has 1 saturated heterocycles. The summed E-state index contributed by atoms with van der Waals surface area (Å²) in [6, 6.07) is 9.34. The zero-order valence-corrected chi connectivity index (χ0v) is 19.2. The van der Waals surface area contributed by atoms with E-state index in [0.29, 0.717) is 31.6 Å². The number of pyridine rings is 1. The number of nitrogens with zero attached hydrogens (tertiary/aromatic N) is 3. The summed E-state index contributed by atoms with van der Waals surface area (Å²) in [6.07, 6.45) is 6.33. The van der Waals surface area contributed by atoms with Crippen molar-refractivity contribution in [3.05, 3.63) is 63.9 Å². The Morgan fingerprint density at radius 3 is 2.94 bits per heavy atom. The molecule has 0 radical (unpaired) electrons. The van der Waals surface area contributed by atoms with E-state index in [2.05, 4.69) is 15.5 Å². The van der Waals surface area contributed by atoms with E-state index in [4.69, 9.17) is 4.52 Å². The molecule has 32 heavy (non-hydrogen) atoms. The molecule has 0 aromatic carbocycles. The summed E-state index contributed by atoms with van der Waals surface area (Å²) in [7, 11) is -3.87. The highest BCUT2D eigenvalue weighted by atomic mass is 32.2. The average Bonchev–Trinajstić information content (AvgIpc) is 3.46. The number of sulfonamides is 1. The lowest BCUT2D eigenvalue weighted by Gasteiger charge is -2.31. The van der Waals surface area contributed by atoms with Crippen LogP contribution in [0.5, 0.6) is 0 Å². The van der Waals surface area contributed by atoms with Gasteiger partial charge in [0.25, 0.3) is 0 Å². The highest BCUT2D eigenvalue weighted by molar-refractivity contribution is 7.89. The van der Waals surface area contributed by atoms with Gasteiger partial charge in [-0.15, -0.1) is 11.3 Å². The molecule has 3 aromatic rings. The molecule has 0 aliphatic carbocycles. The van der Waals surface area contributed by atoms with Crippen LogP contribution in [0.1, 0.15) is 34.9 Å². The van der Waals surface area contributed by atoms with Gasteiger partial charge in [0.05, 0.1) is 18.2 Å². The number of aromatic nitrogens is 2. The summed E-state index contributed by atoms with van der Waals surface area (Å²) in [4.78, 5) is 17.9. The van der Waals surface area contributed by atoms with Crippen molar-refractivity contribution in [3.8, 4) is 0 Å². The molecule has 168 valence electrons.